The molecule has 0 fully saturated rings. The molecule has 1 N–H and O–H groups in total. The van der Waals surface area contributed by atoms with Gasteiger partial charge in [0.05, 0.1) is 0 Å². The molecule has 0 radical (unpaired) electrons. The fourth-order valence-corrected chi connectivity index (χ4v) is 1.42. The lowest BCUT2D eigenvalue weighted by atomic mass is 10.6. The molecule has 1 heterocycles. The summed E-state index contributed by atoms with van der Waals surface area (Å²) in [5, 5.41) is 6.68. The number of carbonyl (C=O) groups is 1. The van der Waals surface area contributed by atoms with E-state index in [1.54, 1.807) is 14.1 Å². The van der Waals surface area contributed by atoms with E-state index in [1.807, 2.05) is 0 Å². The Morgan fingerprint density at radius 1 is 1.73 bits per heavy atom. The zero-order valence-electron chi connectivity index (χ0n) is 6.12. The van der Waals surface area contributed by atoms with Gasteiger partial charge in [-0.15, -0.1) is 0 Å². The third-order valence-electron chi connectivity index (χ3n) is 1.03. The predicted octanol–water partition coefficient (Wildman–Crippen LogP) is 0.902. The SMILES string of the molecule is CN(C)C(=O)c1n[nH]c(=S)s1. The van der Waals surface area contributed by atoms with E-state index in [1.165, 1.54) is 16.2 Å². The maximum atomic E-state index is 11.2. The Morgan fingerprint density at radius 2 is 2.36 bits per heavy atom. The molecule has 6 heteroatoms. The van der Waals surface area contributed by atoms with Gasteiger partial charge in [-0.3, -0.25) is 9.89 Å². The molecule has 0 aliphatic heterocycles. The Morgan fingerprint density at radius 3 is 2.73 bits per heavy atom. The topological polar surface area (TPSA) is 49.0 Å². The summed E-state index contributed by atoms with van der Waals surface area (Å²) in [6.45, 7) is 0. The number of aromatic amines is 1. The molecule has 4 nitrogen and oxygen atoms in total. The Labute approximate surface area is 72.9 Å². The van der Waals surface area contributed by atoms with Crippen molar-refractivity contribution in [2.45, 2.75) is 0 Å². The fraction of sp³-hybridized carbons (Fsp3) is 0.400. The van der Waals surface area contributed by atoms with Crippen LogP contribution < -0.4 is 0 Å². The molecule has 11 heavy (non-hydrogen) atoms. The first-order chi connectivity index (χ1) is 5.11. The highest BCUT2D eigenvalue weighted by molar-refractivity contribution is 7.73. The number of carbonyl (C=O) groups excluding carboxylic acids is 1. The molecule has 60 valence electrons. The molecule has 0 spiro atoms. The van der Waals surface area contributed by atoms with Crippen LogP contribution in [0.25, 0.3) is 0 Å². The summed E-state index contributed by atoms with van der Waals surface area (Å²) in [5.41, 5.74) is 0. The number of nitrogens with one attached hydrogen (secondary N) is 1. The van der Waals surface area contributed by atoms with Gasteiger partial charge in [-0.1, -0.05) is 11.3 Å². The predicted molar refractivity (Wildman–Crippen MR) is 45.3 cm³/mol. The lowest BCUT2D eigenvalue weighted by Gasteiger charge is -2.05. The van der Waals surface area contributed by atoms with Crippen LogP contribution in [-0.2, 0) is 0 Å². The van der Waals surface area contributed by atoms with E-state index in [0.29, 0.717) is 8.96 Å². The van der Waals surface area contributed by atoms with Crippen LogP contribution in [0.15, 0.2) is 0 Å². The monoisotopic (exact) mass is 189 g/mol. The average molecular weight is 189 g/mol. The molecule has 1 amide bonds. The third-order valence-corrected chi connectivity index (χ3v) is 2.10. The van der Waals surface area contributed by atoms with Gasteiger partial charge < -0.3 is 4.90 Å². The first kappa shape index (κ1) is 8.35. The Balaban J connectivity index is 2.94. The highest BCUT2D eigenvalue weighted by Crippen LogP contribution is 2.05. The maximum Gasteiger partial charge on any atom is 0.284 e. The highest BCUT2D eigenvalue weighted by Gasteiger charge is 2.10. The second-order valence-corrected chi connectivity index (χ2v) is 3.78. The van der Waals surface area contributed by atoms with Gasteiger partial charge in [-0.25, -0.2) is 0 Å². The number of hydrogen-bond acceptors (Lipinski definition) is 4. The lowest BCUT2D eigenvalue weighted by Crippen LogP contribution is -2.21. The number of aromatic nitrogens is 2. The van der Waals surface area contributed by atoms with E-state index in [4.69, 9.17) is 12.2 Å². The van der Waals surface area contributed by atoms with Crippen molar-refractivity contribution in [1.29, 1.82) is 0 Å². The molecule has 0 bridgehead atoms. The zero-order chi connectivity index (χ0) is 8.43. The van der Waals surface area contributed by atoms with Crippen LogP contribution in [0, 0.1) is 3.95 Å². The van der Waals surface area contributed by atoms with E-state index in [2.05, 4.69) is 10.2 Å². The number of amides is 1. The average Bonchev–Trinajstić information content (AvgIpc) is 2.34. The number of hydrogen-bond donors (Lipinski definition) is 1. The fourth-order valence-electron chi connectivity index (χ4n) is 0.513. The minimum Gasteiger partial charge on any atom is -0.343 e. The van der Waals surface area contributed by atoms with E-state index in [9.17, 15) is 4.79 Å². The summed E-state index contributed by atoms with van der Waals surface area (Å²) in [6.07, 6.45) is 0. The van der Waals surface area contributed by atoms with Crippen LogP contribution in [-0.4, -0.2) is 35.1 Å². The minimum absolute atomic E-state index is 0.123. The van der Waals surface area contributed by atoms with Gasteiger partial charge in [-0.2, -0.15) is 5.10 Å². The lowest BCUT2D eigenvalue weighted by molar-refractivity contribution is 0.0826. The molecular formula is C5H7N3OS2. The number of rotatable bonds is 1. The molecule has 1 aromatic heterocycles. The van der Waals surface area contributed by atoms with Crippen molar-refractivity contribution in [2.75, 3.05) is 14.1 Å². The highest BCUT2D eigenvalue weighted by atomic mass is 32.1. The van der Waals surface area contributed by atoms with Crippen molar-refractivity contribution >= 4 is 29.5 Å². The summed E-state index contributed by atoms with van der Waals surface area (Å²) in [5.74, 6) is -0.123. The maximum absolute atomic E-state index is 11.2. The van der Waals surface area contributed by atoms with E-state index < -0.39 is 0 Å². The van der Waals surface area contributed by atoms with Gasteiger partial charge in [0.2, 0.25) is 5.01 Å². The summed E-state index contributed by atoms with van der Waals surface area (Å²) in [7, 11) is 3.35. The van der Waals surface area contributed by atoms with Gasteiger partial charge in [0.25, 0.3) is 5.91 Å². The second kappa shape index (κ2) is 3.10. The molecule has 0 aliphatic rings. The van der Waals surface area contributed by atoms with Crippen molar-refractivity contribution in [1.82, 2.24) is 15.1 Å². The summed E-state index contributed by atoms with van der Waals surface area (Å²) < 4.78 is 0.523. The van der Waals surface area contributed by atoms with Gasteiger partial charge in [-0.05, 0) is 12.2 Å². The van der Waals surface area contributed by atoms with E-state index in [0.717, 1.165) is 0 Å². The molecule has 0 aromatic carbocycles. The Hall–Kier alpha value is -0.750. The molecule has 0 atom stereocenters. The number of H-pyrrole nitrogens is 1. The van der Waals surface area contributed by atoms with Gasteiger partial charge in [0, 0.05) is 14.1 Å². The van der Waals surface area contributed by atoms with Crippen LogP contribution in [0.2, 0.25) is 0 Å². The number of nitrogens with zero attached hydrogens (tertiary/aromatic N) is 2. The smallest absolute Gasteiger partial charge is 0.284 e. The van der Waals surface area contributed by atoms with E-state index in [-0.39, 0.29) is 5.91 Å². The van der Waals surface area contributed by atoms with Gasteiger partial charge in [0.15, 0.2) is 3.95 Å². The summed E-state index contributed by atoms with van der Waals surface area (Å²) >= 11 is 5.95. The Bertz CT molecular complexity index is 314. The molecule has 1 aromatic rings. The van der Waals surface area contributed by atoms with Crippen molar-refractivity contribution in [3.63, 3.8) is 0 Å². The van der Waals surface area contributed by atoms with E-state index >= 15 is 0 Å². The minimum atomic E-state index is -0.123. The summed E-state index contributed by atoms with van der Waals surface area (Å²) in [6, 6.07) is 0. The quantitative estimate of drug-likeness (QED) is 0.668. The molecule has 0 aliphatic carbocycles. The standard InChI is InChI=1S/C5H7N3OS2/c1-8(2)4(9)3-6-7-5(10)11-3/h1-2H3,(H,7,10). The van der Waals surface area contributed by atoms with Crippen molar-refractivity contribution in [2.24, 2.45) is 0 Å². The molecule has 0 saturated heterocycles. The van der Waals surface area contributed by atoms with Crippen LogP contribution >= 0.6 is 23.6 Å². The Kier molecular flexibility index (Phi) is 2.35. The van der Waals surface area contributed by atoms with Gasteiger partial charge in [0.1, 0.15) is 0 Å². The second-order valence-electron chi connectivity index (χ2n) is 2.12. The van der Waals surface area contributed by atoms with Crippen LogP contribution in [0.5, 0.6) is 0 Å². The molecule has 1 rings (SSSR count). The third kappa shape index (κ3) is 1.84. The molecule has 0 saturated carbocycles. The van der Waals surface area contributed by atoms with Crippen LogP contribution in [0.4, 0.5) is 0 Å². The largest absolute Gasteiger partial charge is 0.343 e. The summed E-state index contributed by atoms with van der Waals surface area (Å²) in [4.78, 5) is 12.6. The van der Waals surface area contributed by atoms with Crippen molar-refractivity contribution in [3.8, 4) is 0 Å². The zero-order valence-corrected chi connectivity index (χ0v) is 7.75. The van der Waals surface area contributed by atoms with Crippen molar-refractivity contribution in [3.05, 3.63) is 8.96 Å². The first-order valence-electron chi connectivity index (χ1n) is 2.88. The van der Waals surface area contributed by atoms with Gasteiger partial charge >= 0.3 is 0 Å². The molecular weight excluding hydrogens is 182 g/mol. The first-order valence-corrected chi connectivity index (χ1v) is 4.11. The van der Waals surface area contributed by atoms with Crippen LogP contribution in [0.1, 0.15) is 9.80 Å². The molecule has 0 unspecified atom stereocenters. The van der Waals surface area contributed by atoms with Crippen LogP contribution in [0.3, 0.4) is 0 Å². The normalized spacial score (nSPS) is 9.64. The van der Waals surface area contributed by atoms with Crippen molar-refractivity contribution < 1.29 is 4.79 Å².